The summed E-state index contributed by atoms with van der Waals surface area (Å²) in [6, 6.07) is 1.71. The first-order valence-corrected chi connectivity index (χ1v) is 7.19. The third kappa shape index (κ3) is 3.22. The van der Waals surface area contributed by atoms with E-state index in [0.29, 0.717) is 10.6 Å². The van der Waals surface area contributed by atoms with Gasteiger partial charge in [0.05, 0.1) is 22.6 Å². The van der Waals surface area contributed by atoms with Crippen LogP contribution in [0, 0.1) is 0 Å². The van der Waals surface area contributed by atoms with Crippen molar-refractivity contribution in [3.63, 3.8) is 0 Å². The monoisotopic (exact) mass is 311 g/mol. The fourth-order valence-corrected chi connectivity index (χ4v) is 2.54. The minimum Gasteiger partial charge on any atom is -0.481 e. The van der Waals surface area contributed by atoms with Crippen molar-refractivity contribution in [2.24, 2.45) is 0 Å². The molecular weight excluding hydrogens is 292 g/mol. The molecule has 5 nitrogen and oxygen atoms in total. The van der Waals surface area contributed by atoms with Crippen LogP contribution in [-0.2, 0) is 14.1 Å². The fraction of sp³-hybridized carbons (Fsp3) is 0.571. The van der Waals surface area contributed by atoms with Crippen LogP contribution in [-0.4, -0.2) is 34.4 Å². The van der Waals surface area contributed by atoms with E-state index in [-0.39, 0.29) is 6.42 Å². The van der Waals surface area contributed by atoms with Gasteiger partial charge in [-0.15, -0.1) is 0 Å². The molecule has 1 fully saturated rings. The van der Waals surface area contributed by atoms with E-state index in [4.69, 9.17) is 20.9 Å². The Labute approximate surface area is 129 Å². The fourth-order valence-electron chi connectivity index (χ4n) is 2.28. The van der Waals surface area contributed by atoms with Crippen LogP contribution in [0.3, 0.4) is 0 Å². The van der Waals surface area contributed by atoms with Gasteiger partial charge in [-0.25, -0.2) is 0 Å². The predicted molar refractivity (Wildman–Crippen MR) is 80.3 cm³/mol. The van der Waals surface area contributed by atoms with Crippen molar-refractivity contribution in [1.82, 2.24) is 4.98 Å². The maximum absolute atomic E-state index is 11.2. The number of nitrogens with zero attached hydrogens (tertiary/aromatic N) is 1. The molecule has 21 heavy (non-hydrogen) atoms. The highest BCUT2D eigenvalue weighted by molar-refractivity contribution is 6.48. The van der Waals surface area contributed by atoms with E-state index in [0.717, 1.165) is 0 Å². The molecule has 1 aliphatic heterocycles. The molecule has 0 radical (unpaired) electrons. The molecule has 1 aromatic heterocycles. The van der Waals surface area contributed by atoms with Gasteiger partial charge in [-0.3, -0.25) is 9.78 Å². The van der Waals surface area contributed by atoms with E-state index in [9.17, 15) is 9.90 Å². The third-order valence-electron chi connectivity index (χ3n) is 4.20. The van der Waals surface area contributed by atoms with E-state index in [2.05, 4.69) is 4.98 Å². The summed E-state index contributed by atoms with van der Waals surface area (Å²) >= 11 is 6.16. The number of hydrogen-bond donors (Lipinski definition) is 1. The number of pyridine rings is 1. The Bertz CT molecular complexity index is 534. The molecule has 114 valence electrons. The molecule has 2 rings (SSSR count). The van der Waals surface area contributed by atoms with Gasteiger partial charge in [-0.05, 0) is 39.3 Å². The Morgan fingerprint density at radius 3 is 2.43 bits per heavy atom. The number of hydrogen-bond acceptors (Lipinski definition) is 4. The second-order valence-electron chi connectivity index (χ2n) is 6.23. The number of aromatic nitrogens is 1. The summed E-state index contributed by atoms with van der Waals surface area (Å²) in [5, 5.41) is 9.60. The van der Waals surface area contributed by atoms with Gasteiger partial charge < -0.3 is 14.4 Å². The number of carboxylic acid groups (broad SMARTS) is 1. The first-order valence-electron chi connectivity index (χ1n) is 6.81. The van der Waals surface area contributed by atoms with E-state index < -0.39 is 30.1 Å². The predicted octanol–water partition coefficient (Wildman–Crippen LogP) is 2.92. The quantitative estimate of drug-likeness (QED) is 0.866. The lowest BCUT2D eigenvalue weighted by atomic mass is 9.66. The lowest BCUT2D eigenvalue weighted by Gasteiger charge is -2.32. The zero-order valence-corrected chi connectivity index (χ0v) is 13.3. The van der Waals surface area contributed by atoms with Gasteiger partial charge in [-0.2, -0.15) is 0 Å². The summed E-state index contributed by atoms with van der Waals surface area (Å²) in [5.74, 6) is -1.42. The Morgan fingerprint density at radius 1 is 1.38 bits per heavy atom. The van der Waals surface area contributed by atoms with Crippen molar-refractivity contribution < 1.29 is 19.2 Å². The molecule has 0 aromatic carbocycles. The first-order chi connectivity index (χ1) is 9.64. The standard InChI is InChI=1S/C14H19BClNO4/c1-13(2)14(3,4)21-15(20-13)10(7-12(18)19)9-5-6-17-8-11(9)16/h5-6,8,10H,7H2,1-4H3,(H,18,19). The normalized spacial score (nSPS) is 21.3. The minimum absolute atomic E-state index is 0.124. The first kappa shape index (κ1) is 16.3. The van der Waals surface area contributed by atoms with Gasteiger partial charge in [0.15, 0.2) is 0 Å². The zero-order valence-electron chi connectivity index (χ0n) is 12.6. The smallest absolute Gasteiger partial charge is 0.466 e. The molecule has 0 aliphatic carbocycles. The number of carbonyl (C=O) groups is 1. The molecule has 1 N–H and O–H groups in total. The highest BCUT2D eigenvalue weighted by Crippen LogP contribution is 2.42. The van der Waals surface area contributed by atoms with Gasteiger partial charge in [0, 0.05) is 18.2 Å². The van der Waals surface area contributed by atoms with Crippen LogP contribution >= 0.6 is 11.6 Å². The highest BCUT2D eigenvalue weighted by Gasteiger charge is 2.54. The number of aliphatic carboxylic acids is 1. The average Bonchev–Trinajstić information content (AvgIpc) is 2.56. The molecule has 7 heteroatoms. The summed E-state index contributed by atoms with van der Waals surface area (Å²) < 4.78 is 11.9. The highest BCUT2D eigenvalue weighted by atomic mass is 35.5. The number of halogens is 1. The lowest BCUT2D eigenvalue weighted by Crippen LogP contribution is -2.41. The second-order valence-corrected chi connectivity index (χ2v) is 6.63. The van der Waals surface area contributed by atoms with Crippen molar-refractivity contribution in [2.45, 2.75) is 51.1 Å². The van der Waals surface area contributed by atoms with Crippen LogP contribution in [0.2, 0.25) is 5.02 Å². The zero-order chi connectivity index (χ0) is 15.8. The van der Waals surface area contributed by atoms with Gasteiger partial charge in [-0.1, -0.05) is 11.6 Å². The van der Waals surface area contributed by atoms with E-state index in [1.165, 1.54) is 6.20 Å². The second kappa shape index (κ2) is 5.59. The molecule has 0 bridgehead atoms. The van der Waals surface area contributed by atoms with E-state index in [1.54, 1.807) is 12.3 Å². The Hall–Kier alpha value is -1.11. The molecule has 1 atom stereocenters. The molecule has 1 aromatic rings. The topological polar surface area (TPSA) is 68.7 Å². The lowest BCUT2D eigenvalue weighted by molar-refractivity contribution is -0.137. The SMILES string of the molecule is CC1(C)OB(C(CC(=O)O)c2ccncc2Cl)OC1(C)C. The summed E-state index contributed by atoms with van der Waals surface area (Å²) in [4.78, 5) is 15.1. The Morgan fingerprint density at radius 2 is 1.95 bits per heavy atom. The molecule has 0 spiro atoms. The van der Waals surface area contributed by atoms with Crippen LogP contribution in [0.5, 0.6) is 0 Å². The average molecular weight is 312 g/mol. The van der Waals surface area contributed by atoms with Crippen molar-refractivity contribution in [3.8, 4) is 0 Å². The van der Waals surface area contributed by atoms with Gasteiger partial charge in [0.2, 0.25) is 0 Å². The van der Waals surface area contributed by atoms with Crippen LogP contribution in [0.25, 0.3) is 0 Å². The minimum atomic E-state index is -0.928. The van der Waals surface area contributed by atoms with E-state index in [1.807, 2.05) is 27.7 Å². The molecule has 1 unspecified atom stereocenters. The van der Waals surface area contributed by atoms with Crippen molar-refractivity contribution in [3.05, 3.63) is 29.0 Å². The van der Waals surface area contributed by atoms with Crippen LogP contribution < -0.4 is 0 Å². The molecule has 1 saturated heterocycles. The van der Waals surface area contributed by atoms with E-state index >= 15 is 0 Å². The van der Waals surface area contributed by atoms with Crippen LogP contribution in [0.15, 0.2) is 18.5 Å². The summed E-state index contributed by atoms with van der Waals surface area (Å²) in [6.07, 6.45) is 2.96. The molecule has 0 saturated carbocycles. The summed E-state index contributed by atoms with van der Waals surface area (Å²) in [6.45, 7) is 7.72. The van der Waals surface area contributed by atoms with Crippen molar-refractivity contribution >= 4 is 24.7 Å². The van der Waals surface area contributed by atoms with Crippen molar-refractivity contribution in [1.29, 1.82) is 0 Å². The summed E-state index contributed by atoms with van der Waals surface area (Å²) in [7, 11) is -0.661. The van der Waals surface area contributed by atoms with Crippen LogP contribution in [0.4, 0.5) is 0 Å². The third-order valence-corrected chi connectivity index (χ3v) is 4.51. The molecule has 0 amide bonds. The van der Waals surface area contributed by atoms with Gasteiger partial charge >= 0.3 is 13.1 Å². The van der Waals surface area contributed by atoms with Crippen molar-refractivity contribution in [2.75, 3.05) is 0 Å². The van der Waals surface area contributed by atoms with Crippen LogP contribution in [0.1, 0.15) is 45.5 Å². The maximum atomic E-state index is 11.2. The summed E-state index contributed by atoms with van der Waals surface area (Å²) in [5.41, 5.74) is -0.366. The largest absolute Gasteiger partial charge is 0.481 e. The number of rotatable bonds is 4. The molecule has 2 heterocycles. The molecule has 1 aliphatic rings. The van der Waals surface area contributed by atoms with Gasteiger partial charge in [0.1, 0.15) is 0 Å². The number of carboxylic acids is 1. The Kier molecular flexibility index (Phi) is 4.33. The Balaban J connectivity index is 2.35. The van der Waals surface area contributed by atoms with Gasteiger partial charge in [0.25, 0.3) is 0 Å². The maximum Gasteiger partial charge on any atom is 0.466 e. The molecular formula is C14H19BClNO4.